The summed E-state index contributed by atoms with van der Waals surface area (Å²) >= 11 is 0. The van der Waals surface area contributed by atoms with Gasteiger partial charge >= 0.3 is 13.3 Å². The van der Waals surface area contributed by atoms with Gasteiger partial charge in [-0.15, -0.1) is 0 Å². The number of hydrogen-bond acceptors (Lipinski definition) is 3. The molecule has 0 radical (unpaired) electrons. The number of hydrogen-bond donors (Lipinski definition) is 2. The normalized spacial score (nSPS) is 11.5. The van der Waals surface area contributed by atoms with Gasteiger partial charge in [0, 0.05) is 6.42 Å². The molecule has 0 spiro atoms. The molecule has 0 amide bonds. The molecule has 0 unspecified atom stereocenters. The molecule has 0 aliphatic heterocycles. The van der Waals surface area contributed by atoms with Crippen molar-refractivity contribution in [3.8, 4) is 5.75 Å². The monoisotopic (exact) mass is 332 g/mol. The molecule has 1 aromatic rings. The molecule has 1 aromatic carbocycles. The summed E-state index contributed by atoms with van der Waals surface area (Å²) in [4.78, 5) is 0. The number of alkyl halides is 3. The molecule has 3 nitrogen and oxygen atoms in total. The molecule has 0 heterocycles. The minimum absolute atomic E-state index is 0.227. The molecule has 23 heavy (non-hydrogen) atoms. The first-order valence-corrected chi connectivity index (χ1v) is 8.04. The SMILES string of the molecule is OB(O)c1ccc(OCCCCCCCCCC(F)(F)F)cc1. The lowest BCUT2D eigenvalue weighted by Crippen LogP contribution is -2.29. The topological polar surface area (TPSA) is 49.7 Å². The largest absolute Gasteiger partial charge is 0.494 e. The predicted molar refractivity (Wildman–Crippen MR) is 84.8 cm³/mol. The Kier molecular flexibility index (Phi) is 9.10. The summed E-state index contributed by atoms with van der Waals surface area (Å²) in [5.41, 5.74) is 0.419. The van der Waals surface area contributed by atoms with Gasteiger partial charge in [-0.2, -0.15) is 13.2 Å². The van der Waals surface area contributed by atoms with Crippen molar-refractivity contribution in [2.24, 2.45) is 0 Å². The Labute approximate surface area is 135 Å². The Morgan fingerprint density at radius 2 is 1.35 bits per heavy atom. The highest BCUT2D eigenvalue weighted by atomic mass is 19.4. The summed E-state index contributed by atoms with van der Waals surface area (Å²) in [5, 5.41) is 17.9. The van der Waals surface area contributed by atoms with Crippen molar-refractivity contribution in [3.63, 3.8) is 0 Å². The molecule has 0 fully saturated rings. The molecular weight excluding hydrogens is 308 g/mol. The quantitative estimate of drug-likeness (QED) is 0.482. The van der Waals surface area contributed by atoms with Gasteiger partial charge < -0.3 is 14.8 Å². The van der Waals surface area contributed by atoms with Gasteiger partial charge in [-0.3, -0.25) is 0 Å². The Morgan fingerprint density at radius 1 is 0.826 bits per heavy atom. The maximum atomic E-state index is 11.9. The van der Waals surface area contributed by atoms with Crippen LogP contribution in [0.3, 0.4) is 0 Å². The van der Waals surface area contributed by atoms with E-state index in [1.54, 1.807) is 24.3 Å². The summed E-state index contributed by atoms with van der Waals surface area (Å²) in [5.74, 6) is 0.682. The predicted octanol–water partition coefficient (Wildman–Crippen LogP) is 3.43. The fourth-order valence-corrected chi connectivity index (χ4v) is 2.24. The van der Waals surface area contributed by atoms with Crippen LogP contribution in [0.5, 0.6) is 5.75 Å². The molecule has 130 valence electrons. The van der Waals surface area contributed by atoms with Crippen molar-refractivity contribution >= 4 is 12.6 Å². The molecule has 0 aliphatic carbocycles. The first-order chi connectivity index (χ1) is 10.9. The van der Waals surface area contributed by atoms with Crippen molar-refractivity contribution < 1.29 is 28.0 Å². The zero-order valence-electron chi connectivity index (χ0n) is 13.2. The van der Waals surface area contributed by atoms with E-state index in [1.165, 1.54) is 0 Å². The summed E-state index contributed by atoms with van der Waals surface area (Å²) in [7, 11) is -1.47. The Hall–Kier alpha value is -1.21. The molecule has 0 saturated carbocycles. The third-order valence-corrected chi connectivity index (χ3v) is 3.55. The summed E-state index contributed by atoms with van der Waals surface area (Å²) in [6.45, 7) is 0.578. The standard InChI is InChI=1S/C16H24BF3O3/c18-16(19,20)12-6-4-2-1-3-5-7-13-23-15-10-8-14(9-11-15)17(21)22/h8-11,21-22H,1-7,12-13H2. The molecule has 0 aromatic heterocycles. The molecule has 0 saturated heterocycles. The third-order valence-electron chi connectivity index (χ3n) is 3.55. The van der Waals surface area contributed by atoms with Crippen LogP contribution in [-0.2, 0) is 0 Å². The summed E-state index contributed by atoms with van der Waals surface area (Å²) in [6.07, 6.45) is 0.870. The van der Waals surface area contributed by atoms with Crippen LogP contribution < -0.4 is 10.2 Å². The van der Waals surface area contributed by atoms with E-state index in [9.17, 15) is 13.2 Å². The van der Waals surface area contributed by atoms with Crippen LogP contribution in [0.2, 0.25) is 0 Å². The number of ether oxygens (including phenoxy) is 1. The second kappa shape index (κ2) is 10.5. The van der Waals surface area contributed by atoms with Crippen LogP contribution in [0.25, 0.3) is 0 Å². The number of halogens is 3. The molecule has 7 heteroatoms. The van der Waals surface area contributed by atoms with Crippen molar-refractivity contribution in [3.05, 3.63) is 24.3 Å². The summed E-state index contributed by atoms with van der Waals surface area (Å²) < 4.78 is 41.3. The van der Waals surface area contributed by atoms with Crippen LogP contribution in [0.15, 0.2) is 24.3 Å². The minimum Gasteiger partial charge on any atom is -0.494 e. The number of benzene rings is 1. The lowest BCUT2D eigenvalue weighted by Gasteiger charge is -2.07. The van der Waals surface area contributed by atoms with Crippen LogP contribution in [0, 0.1) is 0 Å². The van der Waals surface area contributed by atoms with Crippen LogP contribution in [0.4, 0.5) is 13.2 Å². The highest BCUT2D eigenvalue weighted by Gasteiger charge is 2.25. The number of unbranched alkanes of at least 4 members (excludes halogenated alkanes) is 6. The average Bonchev–Trinajstić information content (AvgIpc) is 2.48. The van der Waals surface area contributed by atoms with E-state index in [0.717, 1.165) is 32.1 Å². The molecular formula is C16H24BF3O3. The van der Waals surface area contributed by atoms with E-state index in [4.69, 9.17) is 14.8 Å². The number of rotatable bonds is 11. The van der Waals surface area contributed by atoms with Gasteiger partial charge in [-0.05, 0) is 30.4 Å². The fourth-order valence-electron chi connectivity index (χ4n) is 2.24. The Bertz CT molecular complexity index is 422. The fraction of sp³-hybridized carbons (Fsp3) is 0.625. The second-order valence-corrected chi connectivity index (χ2v) is 5.63. The van der Waals surface area contributed by atoms with Crippen molar-refractivity contribution in [2.75, 3.05) is 6.61 Å². The van der Waals surface area contributed by atoms with Crippen LogP contribution >= 0.6 is 0 Å². The molecule has 0 aliphatic rings. The second-order valence-electron chi connectivity index (χ2n) is 5.63. The molecule has 0 atom stereocenters. The van der Waals surface area contributed by atoms with Gasteiger partial charge in [0.1, 0.15) is 5.75 Å². The van der Waals surface area contributed by atoms with E-state index in [-0.39, 0.29) is 6.42 Å². The zero-order chi connectivity index (χ0) is 17.1. The Balaban J connectivity index is 1.95. The van der Waals surface area contributed by atoms with E-state index in [0.29, 0.717) is 24.2 Å². The van der Waals surface area contributed by atoms with E-state index < -0.39 is 19.7 Å². The minimum atomic E-state index is -4.02. The van der Waals surface area contributed by atoms with Crippen LogP contribution in [-0.4, -0.2) is 29.9 Å². The van der Waals surface area contributed by atoms with E-state index in [1.807, 2.05) is 0 Å². The molecule has 1 rings (SSSR count). The van der Waals surface area contributed by atoms with Gasteiger partial charge in [0.25, 0.3) is 0 Å². The van der Waals surface area contributed by atoms with Crippen molar-refractivity contribution in [1.29, 1.82) is 0 Å². The smallest absolute Gasteiger partial charge is 0.488 e. The van der Waals surface area contributed by atoms with E-state index in [2.05, 4.69) is 0 Å². The molecule has 0 bridgehead atoms. The highest BCUT2D eigenvalue weighted by molar-refractivity contribution is 6.58. The van der Waals surface area contributed by atoms with Crippen LogP contribution in [0.1, 0.15) is 51.4 Å². The van der Waals surface area contributed by atoms with Crippen molar-refractivity contribution in [1.82, 2.24) is 0 Å². The van der Waals surface area contributed by atoms with Gasteiger partial charge in [0.15, 0.2) is 0 Å². The van der Waals surface area contributed by atoms with Gasteiger partial charge in [-0.1, -0.05) is 44.2 Å². The summed E-state index contributed by atoms with van der Waals surface area (Å²) in [6, 6.07) is 6.58. The lowest BCUT2D eigenvalue weighted by molar-refractivity contribution is -0.135. The van der Waals surface area contributed by atoms with Gasteiger partial charge in [-0.25, -0.2) is 0 Å². The highest BCUT2D eigenvalue weighted by Crippen LogP contribution is 2.23. The van der Waals surface area contributed by atoms with E-state index >= 15 is 0 Å². The maximum Gasteiger partial charge on any atom is 0.488 e. The average molecular weight is 332 g/mol. The first-order valence-electron chi connectivity index (χ1n) is 8.04. The lowest BCUT2D eigenvalue weighted by atomic mass is 9.80. The third kappa shape index (κ3) is 10.2. The molecule has 2 N–H and O–H groups in total. The van der Waals surface area contributed by atoms with Crippen molar-refractivity contribution in [2.45, 2.75) is 57.5 Å². The maximum absolute atomic E-state index is 11.9. The zero-order valence-corrected chi connectivity index (χ0v) is 13.2. The Morgan fingerprint density at radius 3 is 1.87 bits per heavy atom. The first kappa shape index (κ1) is 19.8. The van der Waals surface area contributed by atoms with Gasteiger partial charge in [0.05, 0.1) is 6.61 Å². The van der Waals surface area contributed by atoms with Gasteiger partial charge in [0.2, 0.25) is 0 Å².